The molecule has 6 nitrogen and oxygen atoms in total. The largest absolute Gasteiger partial charge is 0.488 e. The average molecular weight is 523 g/mol. The summed E-state index contributed by atoms with van der Waals surface area (Å²) in [6.45, 7) is 5.67. The Bertz CT molecular complexity index is 1390. The Hall–Kier alpha value is -3.52. The molecule has 1 aliphatic carbocycles. The second-order valence-electron chi connectivity index (χ2n) is 10.6. The van der Waals surface area contributed by atoms with Crippen LogP contribution in [-0.4, -0.2) is 39.7 Å². The molecule has 1 aliphatic heterocycles. The lowest BCUT2D eigenvalue weighted by molar-refractivity contribution is 0.0696. The topological polar surface area (TPSA) is 71.8 Å². The monoisotopic (exact) mass is 522 g/mol. The summed E-state index contributed by atoms with van der Waals surface area (Å²) >= 11 is 0. The fraction of sp³-hybridized carbons (Fsp3) is 0.400. The summed E-state index contributed by atoms with van der Waals surface area (Å²) in [6.07, 6.45) is 4.78. The van der Waals surface area contributed by atoms with Crippen molar-refractivity contribution < 1.29 is 23.4 Å². The normalized spacial score (nSPS) is 16.7. The summed E-state index contributed by atoms with van der Waals surface area (Å²) in [5, 5.41) is 9.13. The number of hydrogen-bond donors (Lipinski definition) is 1. The van der Waals surface area contributed by atoms with Gasteiger partial charge in [-0.1, -0.05) is 12.1 Å². The molecule has 1 N–H and O–H groups in total. The van der Waals surface area contributed by atoms with Gasteiger partial charge < -0.3 is 14.4 Å². The van der Waals surface area contributed by atoms with E-state index in [0.29, 0.717) is 30.8 Å². The van der Waals surface area contributed by atoms with Crippen LogP contribution in [-0.2, 0) is 6.54 Å². The number of pyridine rings is 1. The molecule has 1 aromatic heterocycles. The average Bonchev–Trinajstić information content (AvgIpc) is 3.73. The maximum absolute atomic E-state index is 16.2. The fourth-order valence-electron chi connectivity index (χ4n) is 5.33. The first-order valence-electron chi connectivity index (χ1n) is 13.2. The molecule has 0 atom stereocenters. The maximum atomic E-state index is 16.2. The number of nitrogens with zero attached hydrogens (tertiary/aromatic N) is 2. The van der Waals surface area contributed by atoms with Gasteiger partial charge >= 0.3 is 5.97 Å². The first kappa shape index (κ1) is 26.1. The lowest BCUT2D eigenvalue weighted by atomic mass is 9.92. The molecular weight excluding hydrogens is 490 g/mol. The van der Waals surface area contributed by atoms with Crippen LogP contribution in [0.3, 0.4) is 0 Å². The highest BCUT2D eigenvalue weighted by molar-refractivity contribution is 5.87. The number of halogens is 2. The predicted molar refractivity (Wildman–Crippen MR) is 141 cm³/mol. The summed E-state index contributed by atoms with van der Waals surface area (Å²) < 4.78 is 37.4. The molecule has 2 aromatic carbocycles. The van der Waals surface area contributed by atoms with Crippen LogP contribution >= 0.6 is 0 Å². The van der Waals surface area contributed by atoms with Crippen molar-refractivity contribution >= 4 is 5.97 Å². The number of piperidine rings is 1. The van der Waals surface area contributed by atoms with Crippen molar-refractivity contribution in [2.45, 2.75) is 64.1 Å². The Morgan fingerprint density at radius 1 is 1.05 bits per heavy atom. The molecular formula is C30H32F2N2O4. The van der Waals surface area contributed by atoms with Crippen molar-refractivity contribution in [3.63, 3.8) is 0 Å². The van der Waals surface area contributed by atoms with E-state index < -0.39 is 11.8 Å². The number of ether oxygens (including phenoxy) is 1. The third-order valence-electron chi connectivity index (χ3n) is 7.37. The Kier molecular flexibility index (Phi) is 7.34. The van der Waals surface area contributed by atoms with Crippen molar-refractivity contribution in [1.82, 2.24) is 9.47 Å². The van der Waals surface area contributed by atoms with Gasteiger partial charge in [0.05, 0.1) is 11.7 Å². The fourth-order valence-corrected chi connectivity index (χ4v) is 5.33. The summed E-state index contributed by atoms with van der Waals surface area (Å²) in [4.78, 5) is 25.9. The highest BCUT2D eigenvalue weighted by atomic mass is 19.1. The summed E-state index contributed by atoms with van der Waals surface area (Å²) in [5.74, 6) is -1.36. The van der Waals surface area contributed by atoms with Gasteiger partial charge in [-0.25, -0.2) is 13.6 Å². The van der Waals surface area contributed by atoms with E-state index in [1.165, 1.54) is 18.2 Å². The van der Waals surface area contributed by atoms with Crippen LogP contribution < -0.4 is 10.3 Å². The lowest BCUT2D eigenvalue weighted by Crippen LogP contribution is -2.37. The minimum atomic E-state index is -1.12. The van der Waals surface area contributed by atoms with E-state index in [-0.39, 0.29) is 40.8 Å². The number of aromatic carboxylic acids is 1. The molecule has 0 radical (unpaired) electrons. The molecule has 1 saturated heterocycles. The highest BCUT2D eigenvalue weighted by Gasteiger charge is 2.32. The highest BCUT2D eigenvalue weighted by Crippen LogP contribution is 2.48. The van der Waals surface area contributed by atoms with Crippen molar-refractivity contribution in [1.29, 1.82) is 0 Å². The van der Waals surface area contributed by atoms with Crippen LogP contribution in [0.15, 0.2) is 53.5 Å². The number of benzene rings is 2. The minimum Gasteiger partial charge on any atom is -0.488 e. The Morgan fingerprint density at radius 3 is 2.32 bits per heavy atom. The quantitative estimate of drug-likeness (QED) is 0.393. The number of rotatable bonds is 8. The van der Waals surface area contributed by atoms with E-state index in [2.05, 4.69) is 11.0 Å². The zero-order valence-corrected chi connectivity index (χ0v) is 21.6. The van der Waals surface area contributed by atoms with Gasteiger partial charge in [0.1, 0.15) is 5.82 Å². The smallest absolute Gasteiger partial charge is 0.335 e. The Labute approximate surface area is 220 Å². The van der Waals surface area contributed by atoms with Crippen molar-refractivity contribution in [2.75, 3.05) is 13.1 Å². The molecule has 1 saturated carbocycles. The van der Waals surface area contributed by atoms with E-state index in [1.54, 1.807) is 22.9 Å². The molecule has 2 heterocycles. The second-order valence-corrected chi connectivity index (χ2v) is 10.6. The molecule has 200 valence electrons. The number of carbonyl (C=O) groups is 1. The van der Waals surface area contributed by atoms with Crippen molar-refractivity contribution in [3.8, 4) is 16.9 Å². The molecule has 2 fully saturated rings. The Balaban J connectivity index is 1.40. The van der Waals surface area contributed by atoms with E-state index >= 15 is 4.39 Å². The van der Waals surface area contributed by atoms with Gasteiger partial charge in [0, 0.05) is 49.1 Å². The lowest BCUT2D eigenvalue weighted by Gasteiger charge is -2.33. The van der Waals surface area contributed by atoms with Gasteiger partial charge in [-0.15, -0.1) is 0 Å². The van der Waals surface area contributed by atoms with Crippen LogP contribution in [0.5, 0.6) is 5.75 Å². The summed E-state index contributed by atoms with van der Waals surface area (Å²) in [5.41, 5.74) is 2.55. The molecule has 5 rings (SSSR count). The van der Waals surface area contributed by atoms with Gasteiger partial charge in [-0.05, 0) is 80.8 Å². The third kappa shape index (κ3) is 5.50. The van der Waals surface area contributed by atoms with Gasteiger partial charge in [0.15, 0.2) is 11.6 Å². The summed E-state index contributed by atoms with van der Waals surface area (Å²) in [6, 6.07) is 10.6. The number of carboxylic acid groups (broad SMARTS) is 1. The first-order valence-corrected chi connectivity index (χ1v) is 13.2. The van der Waals surface area contributed by atoms with Crippen LogP contribution in [0, 0.1) is 11.6 Å². The molecule has 0 bridgehead atoms. The molecule has 0 amide bonds. The third-order valence-corrected chi connectivity index (χ3v) is 7.37. The van der Waals surface area contributed by atoms with Crippen LogP contribution in [0.4, 0.5) is 8.78 Å². The molecule has 0 spiro atoms. The molecule has 38 heavy (non-hydrogen) atoms. The van der Waals surface area contributed by atoms with E-state index in [4.69, 9.17) is 9.84 Å². The Morgan fingerprint density at radius 2 is 1.74 bits per heavy atom. The SMILES string of the molecule is CC(C)Oc1c(CN2CCC(n3ccc(C(=O)O)cc3=O)CC2)cc(C2CC2)c(-c2ccc(F)cc2)c1F. The number of aromatic nitrogens is 1. The van der Waals surface area contributed by atoms with E-state index in [0.717, 1.165) is 42.9 Å². The number of hydrogen-bond acceptors (Lipinski definition) is 4. The minimum absolute atomic E-state index is 0.0149. The summed E-state index contributed by atoms with van der Waals surface area (Å²) in [7, 11) is 0. The standard InChI is InChI=1S/C30H32F2N2O4/c1-18(2)38-29-22(15-25(19-3-4-19)27(28(29)32)20-5-7-23(31)8-6-20)17-33-12-10-24(11-13-33)34-14-9-21(30(36)37)16-26(34)35/h5-9,14-16,18-19,24H,3-4,10-13,17H2,1-2H3,(H,36,37). The van der Waals surface area contributed by atoms with E-state index in [9.17, 15) is 14.0 Å². The van der Waals surface area contributed by atoms with Crippen LogP contribution in [0.2, 0.25) is 0 Å². The molecule has 8 heteroatoms. The number of likely N-dealkylation sites (tertiary alicyclic amines) is 1. The van der Waals surface area contributed by atoms with Crippen molar-refractivity contribution in [2.24, 2.45) is 0 Å². The molecule has 2 aliphatic rings. The first-order chi connectivity index (χ1) is 18.2. The van der Waals surface area contributed by atoms with E-state index in [1.807, 2.05) is 13.8 Å². The van der Waals surface area contributed by atoms with Gasteiger partial charge in [-0.3, -0.25) is 9.69 Å². The van der Waals surface area contributed by atoms with Crippen LogP contribution in [0.1, 0.15) is 73.0 Å². The van der Waals surface area contributed by atoms with Gasteiger partial charge in [-0.2, -0.15) is 0 Å². The van der Waals surface area contributed by atoms with Crippen LogP contribution in [0.25, 0.3) is 11.1 Å². The van der Waals surface area contributed by atoms with Gasteiger partial charge in [0.25, 0.3) is 5.56 Å². The number of carboxylic acids is 1. The molecule has 0 unspecified atom stereocenters. The predicted octanol–water partition coefficient (Wildman–Crippen LogP) is 5.99. The zero-order chi connectivity index (χ0) is 27.0. The maximum Gasteiger partial charge on any atom is 0.335 e. The van der Waals surface area contributed by atoms with Gasteiger partial charge in [0.2, 0.25) is 0 Å². The molecule has 3 aromatic rings. The van der Waals surface area contributed by atoms with Crippen molar-refractivity contribution in [3.05, 3.63) is 87.3 Å². The second kappa shape index (κ2) is 10.7. The zero-order valence-electron chi connectivity index (χ0n) is 21.6.